The summed E-state index contributed by atoms with van der Waals surface area (Å²) in [7, 11) is 0. The van der Waals surface area contributed by atoms with Crippen LogP contribution < -0.4 is 0 Å². The predicted molar refractivity (Wildman–Crippen MR) is 107 cm³/mol. The molecule has 2 aliphatic heterocycles. The lowest BCUT2D eigenvalue weighted by Crippen LogP contribution is -2.45. The predicted octanol–water partition coefficient (Wildman–Crippen LogP) is 5.21. The fourth-order valence-electron chi connectivity index (χ4n) is 4.40. The van der Waals surface area contributed by atoms with E-state index < -0.39 is 5.60 Å². The van der Waals surface area contributed by atoms with E-state index in [0.717, 1.165) is 18.4 Å². The molecule has 3 rings (SSSR count). The van der Waals surface area contributed by atoms with Crippen molar-refractivity contribution < 1.29 is 14.3 Å². The number of likely N-dealkylation sites (tertiary alicyclic amines) is 1. The normalized spacial score (nSPS) is 17.8. The van der Waals surface area contributed by atoms with E-state index in [0.29, 0.717) is 37.9 Å². The van der Waals surface area contributed by atoms with Crippen LogP contribution >= 0.6 is 0 Å². The summed E-state index contributed by atoms with van der Waals surface area (Å²) in [6, 6.07) is 7.67. The number of ether oxygens (including phenoxy) is 1. The molecule has 0 radical (unpaired) electrons. The molecule has 1 fully saturated rings. The van der Waals surface area contributed by atoms with Crippen LogP contribution in [-0.2, 0) is 15.1 Å². The molecule has 0 bridgehead atoms. The summed E-state index contributed by atoms with van der Waals surface area (Å²) in [5.74, 6) is 0.0396. The third-order valence-corrected chi connectivity index (χ3v) is 6.09. The molecule has 2 aliphatic rings. The zero-order valence-electron chi connectivity index (χ0n) is 16.7. The second kappa shape index (κ2) is 9.38. The Morgan fingerprint density at radius 3 is 2.33 bits per heavy atom. The molecule has 2 heterocycles. The van der Waals surface area contributed by atoms with Crippen molar-refractivity contribution in [1.29, 1.82) is 0 Å². The van der Waals surface area contributed by atoms with Crippen LogP contribution in [0.15, 0.2) is 24.3 Å². The Labute approximate surface area is 163 Å². The number of fused-ring (bicyclic) bond motifs is 2. The SMILES string of the molecule is CCCCCCCCCCC(=O)N1CCC2(CC1)OC(=O)c1ccccc12. The molecule has 1 amide bonds. The van der Waals surface area contributed by atoms with E-state index in [1.54, 1.807) is 0 Å². The van der Waals surface area contributed by atoms with Crippen molar-refractivity contribution in [2.75, 3.05) is 13.1 Å². The maximum atomic E-state index is 12.5. The molecule has 0 saturated carbocycles. The van der Waals surface area contributed by atoms with Gasteiger partial charge in [-0.05, 0) is 12.5 Å². The molecular weight excluding hydrogens is 338 g/mol. The molecule has 4 nitrogen and oxygen atoms in total. The van der Waals surface area contributed by atoms with E-state index in [-0.39, 0.29) is 11.9 Å². The summed E-state index contributed by atoms with van der Waals surface area (Å²) in [5.41, 5.74) is 1.18. The van der Waals surface area contributed by atoms with Crippen LogP contribution in [0.5, 0.6) is 0 Å². The lowest BCUT2D eigenvalue weighted by molar-refractivity contribution is -0.135. The fraction of sp³-hybridized carbons (Fsp3) is 0.652. The molecule has 0 aromatic heterocycles. The Balaban J connectivity index is 1.38. The smallest absolute Gasteiger partial charge is 0.339 e. The number of carbonyl (C=O) groups excluding carboxylic acids is 2. The second-order valence-corrected chi connectivity index (χ2v) is 8.04. The van der Waals surface area contributed by atoms with E-state index in [4.69, 9.17) is 4.74 Å². The van der Waals surface area contributed by atoms with Gasteiger partial charge in [0.15, 0.2) is 0 Å². The molecule has 0 aliphatic carbocycles. The number of unbranched alkanes of at least 4 members (excludes halogenated alkanes) is 7. The minimum absolute atomic E-state index is 0.218. The van der Waals surface area contributed by atoms with Crippen molar-refractivity contribution in [3.05, 3.63) is 35.4 Å². The minimum Gasteiger partial charge on any atom is -0.450 e. The minimum atomic E-state index is -0.511. The lowest BCUT2D eigenvalue weighted by Gasteiger charge is -2.38. The maximum absolute atomic E-state index is 12.5. The Hall–Kier alpha value is -1.84. The maximum Gasteiger partial charge on any atom is 0.339 e. The van der Waals surface area contributed by atoms with Crippen LogP contribution in [0.3, 0.4) is 0 Å². The molecule has 1 aromatic carbocycles. The number of carbonyl (C=O) groups is 2. The van der Waals surface area contributed by atoms with Crippen LogP contribution in [0.2, 0.25) is 0 Å². The van der Waals surface area contributed by atoms with E-state index in [2.05, 4.69) is 6.92 Å². The third kappa shape index (κ3) is 4.72. The van der Waals surface area contributed by atoms with Gasteiger partial charge in [-0.3, -0.25) is 4.79 Å². The first-order valence-corrected chi connectivity index (χ1v) is 10.8. The van der Waals surface area contributed by atoms with Crippen molar-refractivity contribution in [1.82, 2.24) is 4.90 Å². The topological polar surface area (TPSA) is 46.6 Å². The number of rotatable bonds is 9. The Kier molecular flexibility index (Phi) is 6.92. The molecule has 27 heavy (non-hydrogen) atoms. The summed E-state index contributed by atoms with van der Waals surface area (Å²) in [6.07, 6.45) is 12.1. The van der Waals surface area contributed by atoms with Crippen molar-refractivity contribution in [3.63, 3.8) is 0 Å². The number of nitrogens with zero attached hydrogens (tertiary/aromatic N) is 1. The van der Waals surface area contributed by atoms with Crippen LogP contribution in [0.25, 0.3) is 0 Å². The highest BCUT2D eigenvalue weighted by Crippen LogP contribution is 2.44. The van der Waals surface area contributed by atoms with E-state index in [1.165, 1.54) is 38.5 Å². The first-order valence-electron chi connectivity index (χ1n) is 10.8. The number of hydrogen-bond donors (Lipinski definition) is 0. The number of benzene rings is 1. The highest BCUT2D eigenvalue weighted by atomic mass is 16.6. The van der Waals surface area contributed by atoms with Gasteiger partial charge in [-0.2, -0.15) is 0 Å². The van der Waals surface area contributed by atoms with E-state index in [1.807, 2.05) is 29.2 Å². The Morgan fingerprint density at radius 1 is 1.00 bits per heavy atom. The number of piperidine rings is 1. The monoisotopic (exact) mass is 371 g/mol. The van der Waals surface area contributed by atoms with Gasteiger partial charge in [0.25, 0.3) is 0 Å². The van der Waals surface area contributed by atoms with Gasteiger partial charge in [-0.15, -0.1) is 0 Å². The van der Waals surface area contributed by atoms with Crippen LogP contribution in [-0.4, -0.2) is 29.9 Å². The van der Waals surface area contributed by atoms with Gasteiger partial charge >= 0.3 is 5.97 Å². The quantitative estimate of drug-likeness (QED) is 0.442. The lowest BCUT2D eigenvalue weighted by atomic mass is 9.83. The summed E-state index contributed by atoms with van der Waals surface area (Å²) >= 11 is 0. The van der Waals surface area contributed by atoms with Gasteiger partial charge < -0.3 is 9.64 Å². The fourth-order valence-corrected chi connectivity index (χ4v) is 4.40. The molecule has 148 valence electrons. The first kappa shape index (κ1) is 19.9. The van der Waals surface area contributed by atoms with E-state index in [9.17, 15) is 9.59 Å². The zero-order valence-corrected chi connectivity index (χ0v) is 16.7. The average Bonchev–Trinajstić information content (AvgIpc) is 2.96. The van der Waals surface area contributed by atoms with E-state index >= 15 is 0 Å². The first-order chi connectivity index (χ1) is 13.2. The highest BCUT2D eigenvalue weighted by molar-refractivity contribution is 5.94. The van der Waals surface area contributed by atoms with Gasteiger partial charge in [-0.1, -0.05) is 70.1 Å². The van der Waals surface area contributed by atoms with Crippen LogP contribution in [0.1, 0.15) is 93.5 Å². The Morgan fingerprint density at radius 2 is 1.63 bits per heavy atom. The number of hydrogen-bond acceptors (Lipinski definition) is 3. The molecule has 1 aromatic rings. The van der Waals surface area contributed by atoms with Gasteiger partial charge in [0.1, 0.15) is 5.60 Å². The molecule has 0 unspecified atom stereocenters. The van der Waals surface area contributed by atoms with Gasteiger partial charge in [0.2, 0.25) is 5.91 Å². The highest BCUT2D eigenvalue weighted by Gasteiger charge is 2.47. The second-order valence-electron chi connectivity index (χ2n) is 8.04. The van der Waals surface area contributed by atoms with Crippen molar-refractivity contribution in [2.24, 2.45) is 0 Å². The molecule has 1 spiro atoms. The molecule has 4 heteroatoms. The largest absolute Gasteiger partial charge is 0.450 e. The summed E-state index contributed by atoms with van der Waals surface area (Å²) in [4.78, 5) is 26.6. The summed E-state index contributed by atoms with van der Waals surface area (Å²) in [6.45, 7) is 3.60. The standard InChI is InChI=1S/C23H33NO3/c1-2-3-4-5-6-7-8-9-14-21(25)24-17-15-23(16-18-24)20-13-11-10-12-19(20)22(26)27-23/h10-13H,2-9,14-18H2,1H3. The van der Waals surface area contributed by atoms with Gasteiger partial charge in [0.05, 0.1) is 5.56 Å². The third-order valence-electron chi connectivity index (χ3n) is 6.09. The van der Waals surface area contributed by atoms with Crippen molar-refractivity contribution in [3.8, 4) is 0 Å². The molecule has 0 atom stereocenters. The summed E-state index contributed by atoms with van der Waals surface area (Å²) < 4.78 is 5.76. The Bertz CT molecular complexity index is 647. The van der Waals surface area contributed by atoms with Crippen LogP contribution in [0, 0.1) is 0 Å². The molecule has 0 N–H and O–H groups in total. The van der Waals surface area contributed by atoms with Gasteiger partial charge in [-0.25, -0.2) is 4.79 Å². The molecule has 1 saturated heterocycles. The zero-order chi connectivity index (χ0) is 19.1. The number of esters is 1. The molecular formula is C23H33NO3. The number of amides is 1. The van der Waals surface area contributed by atoms with Crippen molar-refractivity contribution >= 4 is 11.9 Å². The van der Waals surface area contributed by atoms with Gasteiger partial charge in [0, 0.05) is 37.9 Å². The van der Waals surface area contributed by atoms with Crippen molar-refractivity contribution in [2.45, 2.75) is 83.2 Å². The van der Waals surface area contributed by atoms with Crippen LogP contribution in [0.4, 0.5) is 0 Å². The average molecular weight is 372 g/mol. The summed E-state index contributed by atoms with van der Waals surface area (Å²) in [5, 5.41) is 0.